The van der Waals surface area contributed by atoms with Gasteiger partial charge in [0, 0.05) is 18.9 Å². The molecule has 18 heavy (non-hydrogen) atoms. The van der Waals surface area contributed by atoms with E-state index in [0.29, 0.717) is 18.7 Å². The minimum Gasteiger partial charge on any atom is -0.377 e. The zero-order valence-corrected chi connectivity index (χ0v) is 10.2. The molecule has 1 aromatic heterocycles. The lowest BCUT2D eigenvalue weighted by Crippen LogP contribution is -2.28. The molecular formula is C14H15FN2O. The van der Waals surface area contributed by atoms with Gasteiger partial charge in [-0.2, -0.15) is 0 Å². The summed E-state index contributed by atoms with van der Waals surface area (Å²) in [6.45, 7) is 2.77. The molecule has 1 aromatic carbocycles. The Balaban J connectivity index is 2.14. The van der Waals surface area contributed by atoms with Crippen molar-refractivity contribution in [3.63, 3.8) is 0 Å². The highest BCUT2D eigenvalue weighted by molar-refractivity contribution is 5.42. The van der Waals surface area contributed by atoms with E-state index in [1.807, 2.05) is 17.7 Å². The van der Waals surface area contributed by atoms with E-state index >= 15 is 0 Å². The van der Waals surface area contributed by atoms with Gasteiger partial charge in [0.15, 0.2) is 0 Å². The summed E-state index contributed by atoms with van der Waals surface area (Å²) in [5.41, 5.74) is 0.579. The molecule has 94 valence electrons. The average molecular weight is 246 g/mol. The van der Waals surface area contributed by atoms with Crippen molar-refractivity contribution in [3.8, 4) is 0 Å². The Labute approximate surface area is 105 Å². The minimum atomic E-state index is -1.08. The van der Waals surface area contributed by atoms with Gasteiger partial charge in [-0.1, -0.05) is 6.07 Å². The highest BCUT2D eigenvalue weighted by Gasteiger charge is 2.41. The molecule has 0 saturated heterocycles. The smallest absolute Gasteiger partial charge is 0.148 e. The normalized spacial score (nSPS) is 22.2. The first-order chi connectivity index (χ1) is 8.65. The maximum atomic E-state index is 13.2. The van der Waals surface area contributed by atoms with Crippen molar-refractivity contribution in [1.82, 2.24) is 9.55 Å². The van der Waals surface area contributed by atoms with E-state index in [4.69, 9.17) is 0 Å². The van der Waals surface area contributed by atoms with Crippen molar-refractivity contribution >= 4 is 0 Å². The summed E-state index contributed by atoms with van der Waals surface area (Å²) in [5, 5.41) is 10.9. The maximum Gasteiger partial charge on any atom is 0.148 e. The molecule has 1 heterocycles. The Morgan fingerprint density at radius 1 is 1.50 bits per heavy atom. The van der Waals surface area contributed by atoms with Crippen molar-refractivity contribution < 1.29 is 9.50 Å². The Bertz CT molecular complexity index is 593. The molecule has 1 unspecified atom stereocenters. The zero-order chi connectivity index (χ0) is 12.8. The molecular weight excluding hydrogens is 231 g/mol. The first-order valence-electron chi connectivity index (χ1n) is 6.18. The summed E-state index contributed by atoms with van der Waals surface area (Å²) in [7, 11) is 0. The summed E-state index contributed by atoms with van der Waals surface area (Å²) in [6, 6.07) is 4.58. The van der Waals surface area contributed by atoms with Crippen LogP contribution in [0.1, 0.15) is 30.3 Å². The molecule has 3 rings (SSSR count). The fourth-order valence-electron chi connectivity index (χ4n) is 2.78. The van der Waals surface area contributed by atoms with E-state index in [2.05, 4.69) is 4.98 Å². The van der Waals surface area contributed by atoms with Gasteiger partial charge in [-0.15, -0.1) is 0 Å². The average Bonchev–Trinajstić information content (AvgIpc) is 2.95. The Kier molecular flexibility index (Phi) is 2.48. The van der Waals surface area contributed by atoms with Crippen molar-refractivity contribution in [2.75, 3.05) is 0 Å². The quantitative estimate of drug-likeness (QED) is 0.882. The third-order valence-electron chi connectivity index (χ3n) is 3.70. The van der Waals surface area contributed by atoms with Gasteiger partial charge >= 0.3 is 0 Å². The third kappa shape index (κ3) is 1.49. The molecule has 2 aromatic rings. The lowest BCUT2D eigenvalue weighted by Gasteiger charge is -2.24. The van der Waals surface area contributed by atoms with Crippen LogP contribution in [-0.2, 0) is 18.6 Å². The predicted octanol–water partition coefficient (Wildman–Crippen LogP) is 2.22. The number of fused-ring (bicyclic) bond motifs is 1. The van der Waals surface area contributed by atoms with Gasteiger partial charge in [-0.3, -0.25) is 0 Å². The number of benzene rings is 1. The topological polar surface area (TPSA) is 38.0 Å². The second kappa shape index (κ2) is 3.92. The van der Waals surface area contributed by atoms with Gasteiger partial charge in [0.25, 0.3) is 0 Å². The molecule has 0 amide bonds. The number of halogens is 1. The molecule has 0 bridgehead atoms. The molecule has 1 N–H and O–H groups in total. The summed E-state index contributed by atoms with van der Waals surface area (Å²) in [6.07, 6.45) is 4.79. The number of aliphatic hydroxyl groups is 1. The third-order valence-corrected chi connectivity index (χ3v) is 3.70. The lowest BCUT2D eigenvalue weighted by molar-refractivity contribution is 0.0694. The molecule has 0 radical (unpaired) electrons. The molecule has 0 saturated carbocycles. The van der Waals surface area contributed by atoms with E-state index < -0.39 is 5.60 Å². The van der Waals surface area contributed by atoms with Crippen LogP contribution < -0.4 is 0 Å². The second-order valence-corrected chi connectivity index (χ2v) is 4.70. The van der Waals surface area contributed by atoms with Crippen LogP contribution in [0.3, 0.4) is 0 Å². The standard InChI is InChI=1S/C14H15FN2O/c1-2-17-8-7-16-13(17)14(18)6-5-10-9-11(15)3-4-12(10)14/h3-4,7-9,18H,2,5-6H2,1H3. The largest absolute Gasteiger partial charge is 0.377 e. The van der Waals surface area contributed by atoms with Crippen molar-refractivity contribution in [1.29, 1.82) is 0 Å². The molecule has 0 fully saturated rings. The van der Waals surface area contributed by atoms with E-state index in [9.17, 15) is 9.50 Å². The molecule has 0 spiro atoms. The first kappa shape index (κ1) is 11.4. The van der Waals surface area contributed by atoms with Crippen molar-refractivity contribution in [3.05, 3.63) is 53.4 Å². The number of nitrogens with zero attached hydrogens (tertiary/aromatic N) is 2. The number of hydrogen-bond donors (Lipinski definition) is 1. The summed E-state index contributed by atoms with van der Waals surface area (Å²) >= 11 is 0. The van der Waals surface area contributed by atoms with Crippen molar-refractivity contribution in [2.24, 2.45) is 0 Å². The fraction of sp³-hybridized carbons (Fsp3) is 0.357. The minimum absolute atomic E-state index is 0.253. The molecule has 1 aliphatic carbocycles. The number of imidazole rings is 1. The monoisotopic (exact) mass is 246 g/mol. The molecule has 4 heteroatoms. The van der Waals surface area contributed by atoms with Crippen LogP contribution in [0.5, 0.6) is 0 Å². The first-order valence-corrected chi connectivity index (χ1v) is 6.18. The van der Waals surface area contributed by atoms with Crippen LogP contribution in [0.15, 0.2) is 30.6 Å². The highest BCUT2D eigenvalue weighted by atomic mass is 19.1. The van der Waals surface area contributed by atoms with Gasteiger partial charge in [0.1, 0.15) is 17.2 Å². The van der Waals surface area contributed by atoms with Crippen LogP contribution in [0.2, 0.25) is 0 Å². The molecule has 1 atom stereocenters. The van der Waals surface area contributed by atoms with E-state index in [1.165, 1.54) is 12.1 Å². The summed E-state index contributed by atoms with van der Waals surface area (Å²) in [4.78, 5) is 4.28. The SMILES string of the molecule is CCn1ccnc1C1(O)CCc2cc(F)ccc21. The lowest BCUT2D eigenvalue weighted by atomic mass is 9.95. The van der Waals surface area contributed by atoms with Gasteiger partial charge in [0.2, 0.25) is 0 Å². The van der Waals surface area contributed by atoms with Crippen LogP contribution >= 0.6 is 0 Å². The van der Waals surface area contributed by atoms with Crippen LogP contribution in [0.25, 0.3) is 0 Å². The highest BCUT2D eigenvalue weighted by Crippen LogP contribution is 2.41. The Morgan fingerprint density at radius 3 is 3.11 bits per heavy atom. The number of aryl methyl sites for hydroxylation is 2. The summed E-state index contributed by atoms with van der Waals surface area (Å²) in [5.74, 6) is 0.396. The summed E-state index contributed by atoms with van der Waals surface area (Å²) < 4.78 is 15.1. The van der Waals surface area contributed by atoms with E-state index in [1.54, 1.807) is 12.3 Å². The Morgan fingerprint density at radius 2 is 2.33 bits per heavy atom. The van der Waals surface area contributed by atoms with Crippen LogP contribution in [0.4, 0.5) is 4.39 Å². The predicted molar refractivity (Wildman–Crippen MR) is 65.6 cm³/mol. The van der Waals surface area contributed by atoms with E-state index in [0.717, 1.165) is 17.7 Å². The number of rotatable bonds is 2. The van der Waals surface area contributed by atoms with Gasteiger partial charge < -0.3 is 9.67 Å². The van der Waals surface area contributed by atoms with Gasteiger partial charge in [-0.25, -0.2) is 9.37 Å². The van der Waals surface area contributed by atoms with Crippen molar-refractivity contribution in [2.45, 2.75) is 31.9 Å². The fourth-order valence-corrected chi connectivity index (χ4v) is 2.78. The molecule has 1 aliphatic rings. The number of aromatic nitrogens is 2. The second-order valence-electron chi connectivity index (χ2n) is 4.70. The maximum absolute atomic E-state index is 13.2. The van der Waals surface area contributed by atoms with Crippen LogP contribution in [-0.4, -0.2) is 14.7 Å². The van der Waals surface area contributed by atoms with Gasteiger partial charge in [0.05, 0.1) is 0 Å². The van der Waals surface area contributed by atoms with Crippen LogP contribution in [0, 0.1) is 5.82 Å². The molecule has 3 nitrogen and oxygen atoms in total. The number of hydrogen-bond acceptors (Lipinski definition) is 2. The zero-order valence-electron chi connectivity index (χ0n) is 10.2. The van der Waals surface area contributed by atoms with E-state index in [-0.39, 0.29) is 5.82 Å². The van der Waals surface area contributed by atoms with Gasteiger partial charge in [-0.05, 0) is 43.0 Å². The Hall–Kier alpha value is -1.68. The molecule has 0 aliphatic heterocycles.